The van der Waals surface area contributed by atoms with Gasteiger partial charge in [0.1, 0.15) is 5.75 Å². The number of carbonyl (C=O) groups is 1. The molecule has 0 radical (unpaired) electrons. The van der Waals surface area contributed by atoms with Gasteiger partial charge in [0, 0.05) is 0 Å². The van der Waals surface area contributed by atoms with Crippen molar-refractivity contribution in [3.05, 3.63) is 52.6 Å². The molecule has 3 rings (SSSR count). The molecular weight excluding hydrogens is 320 g/mol. The van der Waals surface area contributed by atoms with E-state index >= 15 is 0 Å². The van der Waals surface area contributed by atoms with Gasteiger partial charge in [0.25, 0.3) is 5.91 Å². The van der Waals surface area contributed by atoms with Crippen LogP contribution in [0.4, 0.5) is 5.13 Å². The summed E-state index contributed by atoms with van der Waals surface area (Å²) in [5.74, 6) is 0.501. The number of hydrogen-bond donors (Lipinski definition) is 1. The maximum atomic E-state index is 12.1. The molecule has 0 aliphatic rings. The van der Waals surface area contributed by atoms with Crippen molar-refractivity contribution in [3.63, 3.8) is 0 Å². The maximum absolute atomic E-state index is 12.1. The van der Waals surface area contributed by atoms with E-state index in [1.807, 2.05) is 39.0 Å². The van der Waals surface area contributed by atoms with E-state index in [0.717, 1.165) is 26.9 Å². The fourth-order valence-electron chi connectivity index (χ4n) is 2.60. The summed E-state index contributed by atoms with van der Waals surface area (Å²) < 4.78 is 6.66. The van der Waals surface area contributed by atoms with Crippen LogP contribution in [0.5, 0.6) is 5.75 Å². The summed E-state index contributed by atoms with van der Waals surface area (Å²) in [6, 6.07) is 10.0. The Labute approximate surface area is 145 Å². The number of aromatic nitrogens is 1. The topological polar surface area (TPSA) is 51.2 Å². The van der Waals surface area contributed by atoms with E-state index in [-0.39, 0.29) is 12.5 Å². The molecule has 0 aliphatic heterocycles. The van der Waals surface area contributed by atoms with Crippen LogP contribution in [0.1, 0.15) is 22.3 Å². The second kappa shape index (κ2) is 6.61. The van der Waals surface area contributed by atoms with Gasteiger partial charge in [-0.1, -0.05) is 23.5 Å². The number of fused-ring (bicyclic) bond motifs is 1. The Bertz CT molecular complexity index is 895. The summed E-state index contributed by atoms with van der Waals surface area (Å²) in [7, 11) is 0. The third-order valence-electron chi connectivity index (χ3n) is 3.90. The number of carbonyl (C=O) groups excluding carboxylic acids is 1. The van der Waals surface area contributed by atoms with Crippen molar-refractivity contribution < 1.29 is 9.53 Å². The average molecular weight is 340 g/mol. The van der Waals surface area contributed by atoms with Crippen molar-refractivity contribution in [2.24, 2.45) is 0 Å². The molecule has 4 nitrogen and oxygen atoms in total. The van der Waals surface area contributed by atoms with Gasteiger partial charge >= 0.3 is 0 Å². The SMILES string of the molecule is Cc1cc(C)cc(OCC(=O)Nc2nc3c(C)c(C)ccc3s2)c1. The highest BCUT2D eigenvalue weighted by Gasteiger charge is 2.11. The Kier molecular flexibility index (Phi) is 4.53. The fraction of sp³-hybridized carbons (Fsp3) is 0.263. The summed E-state index contributed by atoms with van der Waals surface area (Å²) >= 11 is 1.48. The van der Waals surface area contributed by atoms with Crippen LogP contribution in [0.25, 0.3) is 10.2 Å². The number of nitrogens with one attached hydrogen (secondary N) is 1. The van der Waals surface area contributed by atoms with Crippen molar-refractivity contribution in [1.82, 2.24) is 4.98 Å². The van der Waals surface area contributed by atoms with E-state index in [0.29, 0.717) is 10.9 Å². The highest BCUT2D eigenvalue weighted by molar-refractivity contribution is 7.22. The Hall–Kier alpha value is -2.40. The number of nitrogens with zero attached hydrogens (tertiary/aromatic N) is 1. The van der Waals surface area contributed by atoms with E-state index in [4.69, 9.17) is 4.74 Å². The zero-order valence-corrected chi connectivity index (χ0v) is 15.1. The first-order valence-electron chi connectivity index (χ1n) is 7.80. The smallest absolute Gasteiger partial charge is 0.264 e. The van der Waals surface area contributed by atoms with Crippen molar-refractivity contribution in [2.75, 3.05) is 11.9 Å². The Morgan fingerprint density at radius 2 is 1.83 bits per heavy atom. The van der Waals surface area contributed by atoms with Crippen LogP contribution >= 0.6 is 11.3 Å². The third kappa shape index (κ3) is 3.57. The molecular formula is C19H20N2O2S. The van der Waals surface area contributed by atoms with Crippen molar-refractivity contribution in [1.29, 1.82) is 0 Å². The lowest BCUT2D eigenvalue weighted by Gasteiger charge is -2.07. The van der Waals surface area contributed by atoms with Crippen LogP contribution in [0.2, 0.25) is 0 Å². The Morgan fingerprint density at radius 3 is 2.54 bits per heavy atom. The van der Waals surface area contributed by atoms with Gasteiger partial charge < -0.3 is 4.74 Å². The summed E-state index contributed by atoms with van der Waals surface area (Å²) in [5, 5.41) is 3.43. The van der Waals surface area contributed by atoms with E-state index in [1.54, 1.807) is 0 Å². The summed E-state index contributed by atoms with van der Waals surface area (Å²) in [4.78, 5) is 16.6. The van der Waals surface area contributed by atoms with Crippen LogP contribution < -0.4 is 10.1 Å². The van der Waals surface area contributed by atoms with Gasteiger partial charge in [-0.15, -0.1) is 0 Å². The molecule has 2 aromatic carbocycles. The first-order valence-corrected chi connectivity index (χ1v) is 8.62. The van der Waals surface area contributed by atoms with Gasteiger partial charge in [-0.2, -0.15) is 0 Å². The minimum absolute atomic E-state index is 0.0309. The summed E-state index contributed by atoms with van der Waals surface area (Å²) in [6.07, 6.45) is 0. The molecule has 0 spiro atoms. The van der Waals surface area contributed by atoms with E-state index in [2.05, 4.69) is 29.4 Å². The van der Waals surface area contributed by atoms with Crippen molar-refractivity contribution in [3.8, 4) is 5.75 Å². The summed E-state index contributed by atoms with van der Waals surface area (Å²) in [6.45, 7) is 8.09. The number of aryl methyl sites for hydroxylation is 4. The van der Waals surface area contributed by atoms with Crippen molar-refractivity contribution in [2.45, 2.75) is 27.7 Å². The van der Waals surface area contributed by atoms with Crippen LogP contribution in [0, 0.1) is 27.7 Å². The maximum Gasteiger partial charge on any atom is 0.264 e. The lowest BCUT2D eigenvalue weighted by Crippen LogP contribution is -2.20. The average Bonchev–Trinajstić information content (AvgIpc) is 2.91. The molecule has 3 aromatic rings. The second-order valence-corrected chi connectivity index (χ2v) is 7.06. The number of rotatable bonds is 4. The number of ether oxygens (including phenoxy) is 1. The molecule has 0 saturated carbocycles. The standard InChI is InChI=1S/C19H20N2O2S/c1-11-7-12(2)9-15(8-11)23-10-17(22)20-19-21-18-14(4)13(3)5-6-16(18)24-19/h5-9H,10H2,1-4H3,(H,20,21,22). The second-order valence-electron chi connectivity index (χ2n) is 6.03. The number of hydrogen-bond acceptors (Lipinski definition) is 4. The third-order valence-corrected chi connectivity index (χ3v) is 4.83. The first kappa shape index (κ1) is 16.5. The molecule has 0 saturated heterocycles. The lowest BCUT2D eigenvalue weighted by atomic mass is 10.1. The molecule has 1 N–H and O–H groups in total. The molecule has 1 heterocycles. The number of anilines is 1. The van der Waals surface area contributed by atoms with Gasteiger partial charge in [-0.05, 0) is 68.1 Å². The normalized spacial score (nSPS) is 10.8. The fourth-order valence-corrected chi connectivity index (χ4v) is 3.54. The summed E-state index contributed by atoms with van der Waals surface area (Å²) in [5.41, 5.74) is 5.52. The number of amides is 1. The van der Waals surface area contributed by atoms with Crippen LogP contribution in [-0.4, -0.2) is 17.5 Å². The highest BCUT2D eigenvalue weighted by Crippen LogP contribution is 2.29. The molecule has 0 bridgehead atoms. The molecule has 1 aromatic heterocycles. The lowest BCUT2D eigenvalue weighted by molar-refractivity contribution is -0.118. The minimum atomic E-state index is -0.206. The predicted molar refractivity (Wildman–Crippen MR) is 99.1 cm³/mol. The quantitative estimate of drug-likeness (QED) is 0.758. The molecule has 0 atom stereocenters. The minimum Gasteiger partial charge on any atom is -0.484 e. The Balaban J connectivity index is 1.67. The zero-order chi connectivity index (χ0) is 17.3. The van der Waals surface area contributed by atoms with E-state index < -0.39 is 0 Å². The number of thiazole rings is 1. The first-order chi connectivity index (χ1) is 11.4. The van der Waals surface area contributed by atoms with Gasteiger partial charge in [-0.25, -0.2) is 4.98 Å². The molecule has 124 valence electrons. The van der Waals surface area contributed by atoms with Crippen LogP contribution in [-0.2, 0) is 4.79 Å². The van der Waals surface area contributed by atoms with Crippen LogP contribution in [0.15, 0.2) is 30.3 Å². The largest absolute Gasteiger partial charge is 0.484 e. The molecule has 0 aliphatic carbocycles. The Morgan fingerprint density at radius 1 is 1.12 bits per heavy atom. The van der Waals surface area contributed by atoms with Crippen LogP contribution in [0.3, 0.4) is 0 Å². The van der Waals surface area contributed by atoms with Crippen molar-refractivity contribution >= 4 is 32.6 Å². The number of benzene rings is 2. The molecule has 5 heteroatoms. The molecule has 24 heavy (non-hydrogen) atoms. The molecule has 0 fully saturated rings. The molecule has 1 amide bonds. The monoisotopic (exact) mass is 340 g/mol. The zero-order valence-electron chi connectivity index (χ0n) is 14.3. The van der Waals surface area contributed by atoms with Gasteiger partial charge in [-0.3, -0.25) is 10.1 Å². The van der Waals surface area contributed by atoms with Gasteiger partial charge in [0.15, 0.2) is 11.7 Å². The highest BCUT2D eigenvalue weighted by atomic mass is 32.1. The van der Waals surface area contributed by atoms with E-state index in [9.17, 15) is 4.79 Å². The molecule has 0 unspecified atom stereocenters. The van der Waals surface area contributed by atoms with E-state index in [1.165, 1.54) is 16.9 Å². The van der Waals surface area contributed by atoms with Gasteiger partial charge in [0.2, 0.25) is 0 Å². The predicted octanol–water partition coefficient (Wildman–Crippen LogP) is 4.55. The van der Waals surface area contributed by atoms with Gasteiger partial charge in [0.05, 0.1) is 10.2 Å².